The standard InChI is InChI=1S/C14H19NO3/c1-10(18-2)9-15-8-7-11-5-3-4-6-12(11)13(15)14(16)17/h3-6,10,13H,7-9H2,1-2H3,(H,16,17). The van der Waals surface area contributed by atoms with Crippen molar-refractivity contribution in [3.05, 3.63) is 35.4 Å². The van der Waals surface area contributed by atoms with Gasteiger partial charge >= 0.3 is 5.97 Å². The largest absolute Gasteiger partial charge is 0.480 e. The molecular weight excluding hydrogens is 230 g/mol. The van der Waals surface area contributed by atoms with E-state index < -0.39 is 12.0 Å². The highest BCUT2D eigenvalue weighted by Crippen LogP contribution is 2.29. The number of benzene rings is 1. The van der Waals surface area contributed by atoms with E-state index in [0.717, 1.165) is 24.1 Å². The van der Waals surface area contributed by atoms with E-state index in [0.29, 0.717) is 6.54 Å². The van der Waals surface area contributed by atoms with Gasteiger partial charge in [0, 0.05) is 20.2 Å². The molecule has 0 saturated heterocycles. The molecular formula is C14H19NO3. The van der Waals surface area contributed by atoms with Crippen molar-refractivity contribution in [1.82, 2.24) is 4.90 Å². The lowest BCUT2D eigenvalue weighted by molar-refractivity contribution is -0.144. The van der Waals surface area contributed by atoms with Gasteiger partial charge in [-0.25, -0.2) is 0 Å². The van der Waals surface area contributed by atoms with E-state index in [2.05, 4.69) is 0 Å². The zero-order valence-electron chi connectivity index (χ0n) is 10.8. The molecule has 0 spiro atoms. The maximum Gasteiger partial charge on any atom is 0.325 e. The molecule has 0 fully saturated rings. The number of carboxylic acids is 1. The fourth-order valence-electron chi connectivity index (χ4n) is 2.51. The van der Waals surface area contributed by atoms with Crippen LogP contribution in [0.2, 0.25) is 0 Å². The minimum absolute atomic E-state index is 0.0390. The van der Waals surface area contributed by atoms with Crippen molar-refractivity contribution in [3.8, 4) is 0 Å². The molecule has 2 atom stereocenters. The van der Waals surface area contributed by atoms with Crippen LogP contribution in [0.5, 0.6) is 0 Å². The Bertz CT molecular complexity index is 433. The lowest BCUT2D eigenvalue weighted by Gasteiger charge is -2.35. The fraction of sp³-hybridized carbons (Fsp3) is 0.500. The summed E-state index contributed by atoms with van der Waals surface area (Å²) in [7, 11) is 1.65. The third kappa shape index (κ3) is 2.54. The average molecular weight is 249 g/mol. The molecule has 1 aliphatic rings. The first-order valence-corrected chi connectivity index (χ1v) is 6.21. The predicted molar refractivity (Wildman–Crippen MR) is 68.6 cm³/mol. The van der Waals surface area contributed by atoms with E-state index in [1.54, 1.807) is 7.11 Å². The quantitative estimate of drug-likeness (QED) is 0.882. The van der Waals surface area contributed by atoms with Crippen LogP contribution in [-0.2, 0) is 16.0 Å². The monoisotopic (exact) mass is 249 g/mol. The molecule has 1 aromatic rings. The van der Waals surface area contributed by atoms with Crippen LogP contribution in [0.25, 0.3) is 0 Å². The summed E-state index contributed by atoms with van der Waals surface area (Å²) < 4.78 is 5.23. The predicted octanol–water partition coefficient (Wildman–Crippen LogP) is 1.71. The van der Waals surface area contributed by atoms with E-state index >= 15 is 0 Å². The highest BCUT2D eigenvalue weighted by Gasteiger charge is 2.33. The highest BCUT2D eigenvalue weighted by atomic mass is 16.5. The van der Waals surface area contributed by atoms with E-state index in [1.165, 1.54) is 0 Å². The summed E-state index contributed by atoms with van der Waals surface area (Å²) in [6.45, 7) is 3.36. The Kier molecular flexibility index (Phi) is 3.99. The van der Waals surface area contributed by atoms with E-state index in [9.17, 15) is 9.90 Å². The number of aliphatic carboxylic acids is 1. The van der Waals surface area contributed by atoms with Crippen LogP contribution in [0.1, 0.15) is 24.1 Å². The zero-order valence-corrected chi connectivity index (χ0v) is 10.8. The highest BCUT2D eigenvalue weighted by molar-refractivity contribution is 5.76. The molecule has 18 heavy (non-hydrogen) atoms. The Balaban J connectivity index is 2.27. The lowest BCUT2D eigenvalue weighted by atomic mass is 9.92. The molecule has 1 aromatic carbocycles. The molecule has 98 valence electrons. The van der Waals surface area contributed by atoms with Gasteiger partial charge in [-0.1, -0.05) is 24.3 Å². The number of hydrogen-bond acceptors (Lipinski definition) is 3. The molecule has 0 amide bonds. The van der Waals surface area contributed by atoms with Crippen LogP contribution < -0.4 is 0 Å². The number of nitrogens with zero attached hydrogens (tertiary/aromatic N) is 1. The Labute approximate surface area is 107 Å². The molecule has 0 radical (unpaired) electrons. The van der Waals surface area contributed by atoms with E-state index in [4.69, 9.17) is 4.74 Å². The van der Waals surface area contributed by atoms with Crippen molar-refractivity contribution in [1.29, 1.82) is 0 Å². The first kappa shape index (κ1) is 13.1. The van der Waals surface area contributed by atoms with Gasteiger partial charge in [0.1, 0.15) is 6.04 Å². The maximum absolute atomic E-state index is 11.5. The fourth-order valence-corrected chi connectivity index (χ4v) is 2.51. The number of hydrogen-bond donors (Lipinski definition) is 1. The van der Waals surface area contributed by atoms with E-state index in [-0.39, 0.29) is 6.10 Å². The number of fused-ring (bicyclic) bond motifs is 1. The Morgan fingerprint density at radius 1 is 1.56 bits per heavy atom. The van der Waals surface area contributed by atoms with Gasteiger partial charge in [0.2, 0.25) is 0 Å². The molecule has 1 heterocycles. The number of rotatable bonds is 4. The number of carbonyl (C=O) groups is 1. The van der Waals surface area contributed by atoms with Crippen molar-refractivity contribution < 1.29 is 14.6 Å². The smallest absolute Gasteiger partial charge is 0.325 e. The number of methoxy groups -OCH3 is 1. The summed E-state index contributed by atoms with van der Waals surface area (Å²) in [6.07, 6.45) is 0.938. The average Bonchev–Trinajstić information content (AvgIpc) is 2.37. The molecule has 4 nitrogen and oxygen atoms in total. The van der Waals surface area contributed by atoms with Crippen LogP contribution in [0, 0.1) is 0 Å². The molecule has 0 bridgehead atoms. The number of ether oxygens (including phenoxy) is 1. The second kappa shape index (κ2) is 5.50. The van der Waals surface area contributed by atoms with Gasteiger partial charge in [-0.15, -0.1) is 0 Å². The van der Waals surface area contributed by atoms with Crippen molar-refractivity contribution in [2.24, 2.45) is 0 Å². The molecule has 0 aromatic heterocycles. The van der Waals surface area contributed by atoms with E-state index in [1.807, 2.05) is 36.1 Å². The second-order valence-corrected chi connectivity index (χ2v) is 4.73. The van der Waals surface area contributed by atoms with Crippen LogP contribution in [0.15, 0.2) is 24.3 Å². The third-order valence-electron chi connectivity index (χ3n) is 3.51. The second-order valence-electron chi connectivity index (χ2n) is 4.73. The molecule has 1 N–H and O–H groups in total. The van der Waals surface area contributed by atoms with Crippen molar-refractivity contribution in [2.75, 3.05) is 20.2 Å². The Morgan fingerprint density at radius 3 is 2.94 bits per heavy atom. The minimum atomic E-state index is -0.787. The van der Waals surface area contributed by atoms with Crippen LogP contribution in [-0.4, -0.2) is 42.3 Å². The Hall–Kier alpha value is -1.39. The van der Waals surface area contributed by atoms with Gasteiger partial charge in [-0.2, -0.15) is 0 Å². The molecule has 2 rings (SSSR count). The molecule has 2 unspecified atom stereocenters. The van der Waals surface area contributed by atoms with Gasteiger partial charge in [-0.3, -0.25) is 9.69 Å². The van der Waals surface area contributed by atoms with Crippen molar-refractivity contribution in [2.45, 2.75) is 25.5 Å². The molecule has 0 saturated carbocycles. The van der Waals surface area contributed by atoms with Gasteiger partial charge in [-0.05, 0) is 24.5 Å². The first-order valence-electron chi connectivity index (χ1n) is 6.21. The topological polar surface area (TPSA) is 49.8 Å². The zero-order chi connectivity index (χ0) is 13.1. The summed E-state index contributed by atoms with van der Waals surface area (Å²) in [4.78, 5) is 13.5. The summed E-state index contributed by atoms with van der Waals surface area (Å²) in [5, 5.41) is 9.46. The third-order valence-corrected chi connectivity index (χ3v) is 3.51. The SMILES string of the molecule is COC(C)CN1CCc2ccccc2C1C(=O)O. The minimum Gasteiger partial charge on any atom is -0.480 e. The van der Waals surface area contributed by atoms with Gasteiger partial charge in [0.05, 0.1) is 6.10 Å². The maximum atomic E-state index is 11.5. The lowest BCUT2D eigenvalue weighted by Crippen LogP contribution is -2.43. The summed E-state index contributed by atoms with van der Waals surface area (Å²) in [5.74, 6) is -0.787. The molecule has 4 heteroatoms. The van der Waals surface area contributed by atoms with Crippen LogP contribution in [0.4, 0.5) is 0 Å². The summed E-state index contributed by atoms with van der Waals surface area (Å²) >= 11 is 0. The van der Waals surface area contributed by atoms with Crippen LogP contribution >= 0.6 is 0 Å². The van der Waals surface area contributed by atoms with Crippen molar-refractivity contribution >= 4 is 5.97 Å². The summed E-state index contributed by atoms with van der Waals surface area (Å²) in [6, 6.07) is 7.25. The van der Waals surface area contributed by atoms with Gasteiger partial charge in [0.25, 0.3) is 0 Å². The number of carboxylic acid groups (broad SMARTS) is 1. The molecule has 0 aliphatic carbocycles. The van der Waals surface area contributed by atoms with Crippen molar-refractivity contribution in [3.63, 3.8) is 0 Å². The first-order chi connectivity index (χ1) is 8.63. The molecule has 1 aliphatic heterocycles. The normalized spacial score (nSPS) is 21.3. The van der Waals surface area contributed by atoms with Crippen LogP contribution in [0.3, 0.4) is 0 Å². The Morgan fingerprint density at radius 2 is 2.28 bits per heavy atom. The van der Waals surface area contributed by atoms with Gasteiger partial charge < -0.3 is 9.84 Å². The summed E-state index contributed by atoms with van der Waals surface area (Å²) in [5.41, 5.74) is 2.06. The van der Waals surface area contributed by atoms with Gasteiger partial charge in [0.15, 0.2) is 0 Å².